The smallest absolute Gasteiger partial charge is 0.416 e. The van der Waals surface area contributed by atoms with Crippen LogP contribution < -0.4 is 0 Å². The van der Waals surface area contributed by atoms with Crippen LogP contribution in [0.3, 0.4) is 0 Å². The molecule has 20 nitrogen and oxygen atoms in total. The van der Waals surface area contributed by atoms with Crippen LogP contribution in [0.5, 0.6) is 0 Å². The van der Waals surface area contributed by atoms with Crippen LogP contribution in [-0.2, 0) is 134 Å². The lowest BCUT2D eigenvalue weighted by atomic mass is 9.49. The fourth-order valence-corrected chi connectivity index (χ4v) is 26.7. The molecular formula is C94H89F11O20S6. The van der Waals surface area contributed by atoms with Gasteiger partial charge in [-0.2, -0.15) is 48.3 Å². The van der Waals surface area contributed by atoms with Crippen LogP contribution >= 0.6 is 0 Å². The molecule has 11 fully saturated rings. The third-order valence-electron chi connectivity index (χ3n) is 24.0. The first-order chi connectivity index (χ1) is 61.9. The second-order valence-electron chi connectivity index (χ2n) is 33.5. The summed E-state index contributed by atoms with van der Waals surface area (Å²) in [6.45, 7) is -2.02. The summed E-state index contributed by atoms with van der Waals surface area (Å²) in [5.41, 5.74) is -2.94. The number of hydrogen-bond donors (Lipinski definition) is 0. The average Bonchev–Trinajstić information content (AvgIpc) is 1.69. The van der Waals surface area contributed by atoms with E-state index in [2.05, 4.69) is 9.47 Å². The Balaban J connectivity index is 0.000000134. The Morgan fingerprint density at radius 3 is 0.939 bits per heavy atom. The lowest BCUT2D eigenvalue weighted by Gasteiger charge is -2.55. The van der Waals surface area contributed by atoms with Crippen LogP contribution in [0, 0.1) is 52.3 Å². The van der Waals surface area contributed by atoms with Gasteiger partial charge < -0.3 is 42.1 Å². The molecule has 0 N–H and O–H groups in total. The first-order valence-corrected chi connectivity index (χ1v) is 49.9. The van der Waals surface area contributed by atoms with Crippen LogP contribution in [0.4, 0.5) is 48.3 Å². The highest BCUT2D eigenvalue weighted by Gasteiger charge is 2.65. The monoisotopic (exact) mass is 1940 g/mol. The van der Waals surface area contributed by atoms with Crippen molar-refractivity contribution in [1.82, 2.24) is 0 Å². The SMILES string of the molecule is FC(F)(F)c1cccc([S+](c2ccccc2)c2ccccc2)c1.FC(F)(F)c1cccc([S+](c2ccccc2)c2ccccc2)c1.FC(F)(F)c1cccc([S+](c2ccccc2)c2ccccc2)c1.O=C(CS(=O)(=O)[O-])OC1C2CC3C(=O)OC1C3O2.O=C(CS(=O)(=O)[O-])OCCOC(=O)C12CC3CC(CC(C3)C1)C2.O=C(OCC(F)(F)S(=O)(=O)[O-])C12CC3CC(CC(C3)C1)C2. The van der Waals surface area contributed by atoms with E-state index < -0.39 is 169 Å². The Morgan fingerprint density at radius 2 is 0.649 bits per heavy atom. The highest BCUT2D eigenvalue weighted by molar-refractivity contribution is 7.97. The number of ether oxygens (including phenoxy) is 6. The summed E-state index contributed by atoms with van der Waals surface area (Å²) in [7, 11) is -16.8. The number of rotatable bonds is 22. The predicted octanol–water partition coefficient (Wildman–Crippen LogP) is 18.3. The van der Waals surface area contributed by atoms with E-state index in [-0.39, 0.29) is 36.5 Å². The van der Waals surface area contributed by atoms with E-state index in [9.17, 15) is 111 Å². The zero-order valence-electron chi connectivity index (χ0n) is 69.6. The zero-order valence-corrected chi connectivity index (χ0v) is 74.5. The second kappa shape index (κ2) is 41.4. The number of halogens is 11. The molecule has 20 rings (SSSR count). The highest BCUT2D eigenvalue weighted by Crippen LogP contribution is 2.62. The molecule has 3 heterocycles. The van der Waals surface area contributed by atoms with Gasteiger partial charge in [0.2, 0.25) is 0 Å². The van der Waals surface area contributed by atoms with Gasteiger partial charge in [0.1, 0.15) is 51.1 Å². The molecule has 8 aliphatic carbocycles. The topological polar surface area (TPSA) is 312 Å². The first kappa shape index (κ1) is 98.8. The molecule has 9 aromatic carbocycles. The lowest BCUT2D eigenvalue weighted by molar-refractivity contribution is -0.177. The van der Waals surface area contributed by atoms with E-state index in [4.69, 9.17) is 18.9 Å². The molecule has 131 heavy (non-hydrogen) atoms. The summed E-state index contributed by atoms with van der Waals surface area (Å²) in [5.74, 6) is -3.17. The summed E-state index contributed by atoms with van der Waals surface area (Å²) in [5, 5.41) is -4.56. The predicted molar refractivity (Wildman–Crippen MR) is 454 cm³/mol. The van der Waals surface area contributed by atoms with Gasteiger partial charge in [-0.05, 0) is 228 Å². The maximum atomic E-state index is 13.1. The summed E-state index contributed by atoms with van der Waals surface area (Å²) < 4.78 is 267. The largest absolute Gasteiger partial charge is 0.748 e. The van der Waals surface area contributed by atoms with E-state index in [0.29, 0.717) is 75.9 Å². The molecule has 698 valence electrons. The minimum absolute atomic E-state index is 0.106. The van der Waals surface area contributed by atoms with Crippen molar-refractivity contribution in [3.63, 3.8) is 0 Å². The maximum Gasteiger partial charge on any atom is 0.416 e. The number of fused-ring (bicyclic) bond motifs is 1. The number of carbonyl (C=O) groups is 5. The van der Waals surface area contributed by atoms with Crippen LogP contribution in [0.2, 0.25) is 0 Å². The van der Waals surface area contributed by atoms with Crippen molar-refractivity contribution in [3.8, 4) is 0 Å². The average molecular weight is 1940 g/mol. The third-order valence-corrected chi connectivity index (χ3v) is 32.6. The molecule has 5 atom stereocenters. The number of hydrogen-bond acceptors (Lipinski definition) is 20. The van der Waals surface area contributed by atoms with Gasteiger partial charge in [0.05, 0.1) is 72.2 Å². The Hall–Kier alpha value is -9.70. The van der Waals surface area contributed by atoms with Crippen LogP contribution in [0.25, 0.3) is 0 Å². The molecule has 3 saturated heterocycles. The lowest BCUT2D eigenvalue weighted by Crippen LogP contribution is -2.51. The molecule has 10 bridgehead atoms. The summed E-state index contributed by atoms with van der Waals surface area (Å²) >= 11 is 0. The molecule has 5 unspecified atom stereocenters. The van der Waals surface area contributed by atoms with E-state index in [1.54, 1.807) is 18.2 Å². The van der Waals surface area contributed by atoms with Crippen molar-refractivity contribution in [2.45, 2.75) is 176 Å². The molecule has 3 aliphatic heterocycles. The second-order valence-corrected chi connectivity index (χ2v) is 43.9. The number of benzene rings is 9. The van der Waals surface area contributed by atoms with E-state index in [1.807, 2.05) is 182 Å². The van der Waals surface area contributed by atoms with Gasteiger partial charge in [0.25, 0.3) is 0 Å². The van der Waals surface area contributed by atoms with Gasteiger partial charge in [-0.1, -0.05) is 127 Å². The Labute approximate surface area is 758 Å². The minimum Gasteiger partial charge on any atom is -0.748 e. The standard InChI is InChI=1S/3C19H14F3S.C15H22O7S.C13H18F2O5S.C9H10O8S/c3*20-19(21,22)15-8-7-13-18(14-15)23(16-9-3-1-4-10-16)17-11-5-2-6-12-17;16-13(9-23(18,19)20)21-1-2-22-14(17)15-6-10-3-11(7-15)5-12(4-10)8-15;14-13(15,21(17,18)19)7-20-11(16)12-4-8-1-9(5-12)3-10(2-8)6-12;10-5(2-18(12,13)14)16-7-4-1-3-6(15-4)8(7)17-9(3)11/h3*1-14H;10-12H,1-9H2,(H,18,19,20);8-10H,1-7H2,(H,17,18,19);3-4,6-8H,1-2H2,(H,12,13,14)/q3*+1;;;/p-3. The molecule has 0 radical (unpaired) electrons. The van der Waals surface area contributed by atoms with Crippen molar-refractivity contribution in [1.29, 1.82) is 0 Å². The molecule has 37 heteroatoms. The van der Waals surface area contributed by atoms with Crippen LogP contribution in [0.15, 0.2) is 299 Å². The van der Waals surface area contributed by atoms with Crippen molar-refractivity contribution in [2.24, 2.45) is 52.3 Å². The van der Waals surface area contributed by atoms with Gasteiger partial charge in [-0.3, -0.25) is 24.0 Å². The number of carbonyl (C=O) groups excluding carboxylic acids is 5. The summed E-state index contributed by atoms with van der Waals surface area (Å²) in [6.07, 6.45) is -3.48. The third kappa shape index (κ3) is 25.6. The van der Waals surface area contributed by atoms with Crippen molar-refractivity contribution >= 4 is 92.9 Å². The quantitative estimate of drug-likeness (QED) is 0.0152. The van der Waals surface area contributed by atoms with Gasteiger partial charge in [0, 0.05) is 18.2 Å². The molecule has 0 amide bonds. The van der Waals surface area contributed by atoms with E-state index in [0.717, 1.165) is 86.1 Å². The van der Waals surface area contributed by atoms with E-state index >= 15 is 0 Å². The van der Waals surface area contributed by atoms with Gasteiger partial charge in [-0.15, -0.1) is 0 Å². The van der Waals surface area contributed by atoms with Crippen molar-refractivity contribution in [3.05, 3.63) is 271 Å². The Bertz CT molecular complexity index is 5300. The molecule has 0 spiro atoms. The molecule has 11 aliphatic rings. The van der Waals surface area contributed by atoms with Gasteiger partial charge in [0.15, 0.2) is 73.0 Å². The molecule has 0 aromatic heterocycles. The van der Waals surface area contributed by atoms with Crippen LogP contribution in [0.1, 0.15) is 100 Å². The van der Waals surface area contributed by atoms with Crippen LogP contribution in [-0.4, -0.2) is 130 Å². The zero-order chi connectivity index (χ0) is 94.1. The number of esters is 5. The summed E-state index contributed by atoms with van der Waals surface area (Å²) in [6, 6.07) is 74.6. The maximum absolute atomic E-state index is 13.1. The van der Waals surface area contributed by atoms with Gasteiger partial charge >= 0.3 is 53.6 Å². The minimum atomic E-state index is -5.81. The normalized spacial score (nSPS) is 24.1. The number of alkyl halides is 11. The Kier molecular flexibility index (Phi) is 31.2. The Morgan fingerprint density at radius 1 is 0.366 bits per heavy atom. The fraction of sp³-hybridized carbons (Fsp3) is 0.372. The molecular weight excluding hydrogens is 1850 g/mol. The first-order valence-electron chi connectivity index (χ1n) is 41.7. The van der Waals surface area contributed by atoms with Gasteiger partial charge in [-0.25, -0.2) is 25.3 Å². The van der Waals surface area contributed by atoms with Crippen molar-refractivity contribution in [2.75, 3.05) is 31.3 Å². The highest BCUT2D eigenvalue weighted by atomic mass is 32.2. The molecule has 8 saturated carbocycles. The van der Waals surface area contributed by atoms with E-state index in [1.165, 1.54) is 55.7 Å². The van der Waals surface area contributed by atoms with Crippen molar-refractivity contribution < 1.29 is 140 Å². The summed E-state index contributed by atoms with van der Waals surface area (Å²) in [4.78, 5) is 66.4. The fourth-order valence-electron chi connectivity index (χ4n) is 19.4. The molecule has 9 aromatic rings.